The lowest BCUT2D eigenvalue weighted by Gasteiger charge is -2.06. The van der Waals surface area contributed by atoms with E-state index < -0.39 is 6.43 Å². The largest absolute Gasteiger partial charge is 0.266 e. The van der Waals surface area contributed by atoms with Gasteiger partial charge in [-0.15, -0.1) is 11.6 Å². The summed E-state index contributed by atoms with van der Waals surface area (Å²) in [5.74, 6) is 0.210. The maximum absolute atomic E-state index is 12.4. The van der Waals surface area contributed by atoms with Crippen molar-refractivity contribution in [2.45, 2.75) is 12.3 Å². The van der Waals surface area contributed by atoms with E-state index in [0.29, 0.717) is 13.0 Å². The van der Waals surface area contributed by atoms with Crippen LogP contribution in [0.4, 0.5) is 8.78 Å². The third-order valence-corrected chi connectivity index (χ3v) is 3.49. The van der Waals surface area contributed by atoms with Crippen molar-refractivity contribution in [3.8, 4) is 0 Å². The molecule has 0 N–H and O–H groups in total. The SMILES string of the molecule is FC(F)c1cc(CCl)c(I)nc1I. The lowest BCUT2D eigenvalue weighted by atomic mass is 10.2. The summed E-state index contributed by atoms with van der Waals surface area (Å²) in [6.45, 7) is 0. The average molecular weight is 429 g/mol. The van der Waals surface area contributed by atoms with E-state index in [1.54, 1.807) is 22.6 Å². The molecule has 0 fully saturated rings. The summed E-state index contributed by atoms with van der Waals surface area (Å²) in [6.07, 6.45) is -2.49. The molecule has 0 aliphatic rings. The maximum Gasteiger partial charge on any atom is 0.266 e. The van der Waals surface area contributed by atoms with Crippen molar-refractivity contribution in [3.05, 3.63) is 24.6 Å². The molecule has 0 aromatic carbocycles. The van der Waals surface area contributed by atoms with Crippen LogP contribution in [0.3, 0.4) is 0 Å². The molecular weight excluding hydrogens is 425 g/mol. The van der Waals surface area contributed by atoms with Crippen LogP contribution in [-0.2, 0) is 5.88 Å². The van der Waals surface area contributed by atoms with E-state index in [-0.39, 0.29) is 11.4 Å². The fourth-order valence-electron chi connectivity index (χ4n) is 0.776. The van der Waals surface area contributed by atoms with E-state index in [9.17, 15) is 8.78 Å². The van der Waals surface area contributed by atoms with Crippen LogP contribution < -0.4 is 0 Å². The second-order valence-electron chi connectivity index (χ2n) is 2.25. The highest BCUT2D eigenvalue weighted by atomic mass is 127. The first-order valence-corrected chi connectivity index (χ1v) is 5.94. The zero-order valence-electron chi connectivity index (χ0n) is 6.20. The first kappa shape index (κ1) is 11.8. The summed E-state index contributed by atoms with van der Waals surface area (Å²) >= 11 is 9.35. The van der Waals surface area contributed by atoms with Gasteiger partial charge in [-0.05, 0) is 56.8 Å². The van der Waals surface area contributed by atoms with E-state index in [1.165, 1.54) is 6.07 Å². The van der Waals surface area contributed by atoms with Gasteiger partial charge in [-0.25, -0.2) is 13.8 Å². The highest BCUT2D eigenvalue weighted by Crippen LogP contribution is 2.26. The van der Waals surface area contributed by atoms with Crippen LogP contribution >= 0.6 is 56.8 Å². The van der Waals surface area contributed by atoms with Crippen molar-refractivity contribution in [1.29, 1.82) is 0 Å². The Morgan fingerprint density at radius 3 is 2.46 bits per heavy atom. The topological polar surface area (TPSA) is 12.9 Å². The molecule has 0 amide bonds. The predicted octanol–water partition coefficient (Wildman–Crippen LogP) is 3.97. The Bertz CT molecular complexity index is 320. The first-order valence-electron chi connectivity index (χ1n) is 3.25. The molecule has 0 unspecified atom stereocenters. The molecule has 0 saturated carbocycles. The minimum atomic E-state index is -2.49. The molecule has 0 aliphatic carbocycles. The van der Waals surface area contributed by atoms with Crippen LogP contribution in [0.25, 0.3) is 0 Å². The van der Waals surface area contributed by atoms with E-state index >= 15 is 0 Å². The number of pyridine rings is 1. The van der Waals surface area contributed by atoms with Crippen molar-refractivity contribution < 1.29 is 8.78 Å². The molecule has 1 aromatic heterocycles. The first-order chi connectivity index (χ1) is 6.06. The fraction of sp³-hybridized carbons (Fsp3) is 0.286. The van der Waals surface area contributed by atoms with Crippen molar-refractivity contribution in [3.63, 3.8) is 0 Å². The van der Waals surface area contributed by atoms with Gasteiger partial charge in [-0.1, -0.05) is 0 Å². The van der Waals surface area contributed by atoms with Crippen molar-refractivity contribution in [1.82, 2.24) is 4.98 Å². The van der Waals surface area contributed by atoms with Crippen LogP contribution in [0.5, 0.6) is 0 Å². The van der Waals surface area contributed by atoms with E-state index in [4.69, 9.17) is 11.6 Å². The summed E-state index contributed by atoms with van der Waals surface area (Å²) in [5.41, 5.74) is 0.606. The van der Waals surface area contributed by atoms with Gasteiger partial charge in [-0.2, -0.15) is 0 Å². The Hall–Kier alpha value is 0.760. The third-order valence-electron chi connectivity index (χ3n) is 1.41. The number of halogens is 5. The summed E-state index contributed by atoms with van der Waals surface area (Å²) in [6, 6.07) is 1.41. The van der Waals surface area contributed by atoms with Gasteiger partial charge in [0.15, 0.2) is 0 Å². The molecule has 0 spiro atoms. The number of aromatic nitrogens is 1. The molecule has 1 aromatic rings. The molecule has 1 nitrogen and oxygen atoms in total. The Kier molecular flexibility index (Phi) is 4.56. The summed E-state index contributed by atoms with van der Waals surface area (Å²) in [4.78, 5) is 3.97. The molecule has 0 bridgehead atoms. The molecule has 13 heavy (non-hydrogen) atoms. The standard InChI is InChI=1S/C7H4ClF2I2N/c8-2-3-1-4(5(9)10)7(12)13-6(3)11/h1,5H,2H2. The van der Waals surface area contributed by atoms with Gasteiger partial charge in [0.1, 0.15) is 7.40 Å². The molecule has 6 heteroatoms. The van der Waals surface area contributed by atoms with Gasteiger partial charge in [0.2, 0.25) is 0 Å². The molecule has 72 valence electrons. The Morgan fingerprint density at radius 1 is 1.38 bits per heavy atom. The third kappa shape index (κ3) is 2.85. The molecule has 1 heterocycles. The summed E-state index contributed by atoms with van der Waals surface area (Å²) < 4.78 is 25.8. The number of hydrogen-bond acceptors (Lipinski definition) is 1. The summed E-state index contributed by atoms with van der Waals surface area (Å²) in [5, 5.41) is 0. The van der Waals surface area contributed by atoms with Crippen LogP contribution in [0.2, 0.25) is 0 Å². The van der Waals surface area contributed by atoms with Crippen LogP contribution in [0.15, 0.2) is 6.07 Å². The molecule has 1 rings (SSSR count). The van der Waals surface area contributed by atoms with Gasteiger partial charge < -0.3 is 0 Å². The molecule has 0 saturated heterocycles. The van der Waals surface area contributed by atoms with Gasteiger partial charge in [0.05, 0.1) is 5.56 Å². The van der Waals surface area contributed by atoms with E-state index in [2.05, 4.69) is 4.98 Å². The normalized spacial score (nSPS) is 10.9. The van der Waals surface area contributed by atoms with Gasteiger partial charge >= 0.3 is 0 Å². The zero-order chi connectivity index (χ0) is 10.0. The minimum absolute atomic E-state index is 0.0448. The van der Waals surface area contributed by atoms with E-state index in [0.717, 1.165) is 0 Å². The van der Waals surface area contributed by atoms with Crippen molar-refractivity contribution in [2.24, 2.45) is 0 Å². The monoisotopic (exact) mass is 429 g/mol. The second-order valence-corrected chi connectivity index (χ2v) is 4.56. The van der Waals surface area contributed by atoms with Crippen LogP contribution in [-0.4, -0.2) is 4.98 Å². The molecular formula is C7H4ClF2I2N. The number of nitrogens with zero attached hydrogens (tertiary/aromatic N) is 1. The van der Waals surface area contributed by atoms with Gasteiger partial charge in [0, 0.05) is 5.88 Å². The van der Waals surface area contributed by atoms with Crippen molar-refractivity contribution in [2.75, 3.05) is 0 Å². The fourth-order valence-corrected chi connectivity index (χ4v) is 2.89. The van der Waals surface area contributed by atoms with Gasteiger partial charge in [0.25, 0.3) is 6.43 Å². The van der Waals surface area contributed by atoms with E-state index in [1.807, 2.05) is 22.6 Å². The number of hydrogen-bond donors (Lipinski definition) is 0. The maximum atomic E-state index is 12.4. The Labute approximate surface area is 107 Å². The van der Waals surface area contributed by atoms with Crippen LogP contribution in [0, 0.1) is 7.40 Å². The lowest BCUT2D eigenvalue weighted by Crippen LogP contribution is -1.99. The number of rotatable bonds is 2. The minimum Gasteiger partial charge on any atom is -0.235 e. The van der Waals surface area contributed by atoms with Crippen molar-refractivity contribution >= 4 is 56.8 Å². The molecule has 0 radical (unpaired) electrons. The quantitative estimate of drug-likeness (QED) is 0.394. The zero-order valence-corrected chi connectivity index (χ0v) is 11.3. The highest BCUT2D eigenvalue weighted by Gasteiger charge is 2.15. The molecule has 0 atom stereocenters. The van der Waals surface area contributed by atoms with Gasteiger partial charge in [-0.3, -0.25) is 0 Å². The second kappa shape index (κ2) is 5.01. The lowest BCUT2D eigenvalue weighted by molar-refractivity contribution is 0.149. The summed E-state index contributed by atoms with van der Waals surface area (Å²) in [7, 11) is 0. The smallest absolute Gasteiger partial charge is 0.235 e. The van der Waals surface area contributed by atoms with Crippen LogP contribution in [0.1, 0.15) is 17.6 Å². The highest BCUT2D eigenvalue weighted by molar-refractivity contribution is 14.1. The molecule has 0 aliphatic heterocycles. The average Bonchev–Trinajstić information content (AvgIpc) is 2.03. The number of alkyl halides is 3. The Balaban J connectivity index is 3.22. The Morgan fingerprint density at radius 2 is 2.00 bits per heavy atom. The predicted molar refractivity (Wildman–Crippen MR) is 64.2 cm³/mol.